The van der Waals surface area contributed by atoms with Gasteiger partial charge in [0.25, 0.3) is 0 Å². The molecule has 0 unspecified atom stereocenters. The maximum Gasteiger partial charge on any atom is 0.303 e. The molecule has 10 atom stereocenters. The molecule has 14 amide bonds. The number of carbonyl (C=O) groups excluding carboxylic acids is 14. The van der Waals surface area contributed by atoms with Crippen LogP contribution in [0.25, 0.3) is 10.9 Å². The molecule has 2 aromatic carbocycles. The second-order valence-electron chi connectivity index (χ2n) is 25.0. The summed E-state index contributed by atoms with van der Waals surface area (Å²) in [6.45, 7) is 10.2. The van der Waals surface area contributed by atoms with Gasteiger partial charge in [-0.3, -0.25) is 76.7 Å². The van der Waals surface area contributed by atoms with Crippen molar-refractivity contribution in [3.8, 4) is 5.75 Å². The molecule has 0 radical (unpaired) electrons. The third-order valence-corrected chi connectivity index (χ3v) is 16.2. The number of nitrogens with one attached hydrogen (secondary N) is 12. The SMILES string of the molecule is CC=C(C)C.CC[C@H](C)[C@@H]1NC(=O)[C@@H]2CCCN2C(=O)[C@H](CC(N)=O)NC(=O)[C@H](Cc2ccc(O)cc2)NC(=O)[C@H](CC(N)=O)NC(=O)[C@H](Cc2c[nH]c3ccccc23)NC(=O)CNC(=O)[C@H](CCC(=O)O)NC(=O)CNC(=O)[C@H](CCC(=O)O)NC(=O)CNC(=O)[C@H](CC(C)C)NC1=O. The number of primary amides is 2. The Hall–Kier alpha value is -11.0. The molecule has 546 valence electrons. The van der Waals surface area contributed by atoms with Gasteiger partial charge in [0.15, 0.2) is 0 Å². The summed E-state index contributed by atoms with van der Waals surface area (Å²) in [5.74, 6) is -18.7. The Morgan fingerprint density at radius 1 is 0.570 bits per heavy atom. The summed E-state index contributed by atoms with van der Waals surface area (Å²) < 4.78 is 0. The smallest absolute Gasteiger partial charge is 0.303 e. The van der Waals surface area contributed by atoms with Crippen LogP contribution < -0.4 is 70.0 Å². The molecule has 3 aromatic rings. The minimum Gasteiger partial charge on any atom is -0.508 e. The van der Waals surface area contributed by atoms with E-state index in [2.05, 4.69) is 83.4 Å². The van der Waals surface area contributed by atoms with Crippen molar-refractivity contribution in [1.29, 1.82) is 0 Å². The van der Waals surface area contributed by atoms with Gasteiger partial charge in [-0.05, 0) is 94.0 Å². The van der Waals surface area contributed by atoms with E-state index < -0.39 is 220 Å². The number of aromatic hydroxyl groups is 1. The lowest BCUT2D eigenvalue weighted by molar-refractivity contribution is -0.143. The Morgan fingerprint density at radius 2 is 1.03 bits per heavy atom. The number of aliphatic carboxylic acids is 2. The first-order valence-electron chi connectivity index (χ1n) is 32.7. The molecular weight excluding hydrogens is 1310 g/mol. The zero-order chi connectivity index (χ0) is 74.5. The number of aromatic amines is 1. The van der Waals surface area contributed by atoms with Crippen LogP contribution in [0.3, 0.4) is 0 Å². The molecule has 1 aromatic heterocycles. The van der Waals surface area contributed by atoms with E-state index in [0.29, 0.717) is 22.0 Å². The number of allylic oxidation sites excluding steroid dienone is 2. The van der Waals surface area contributed by atoms with Crippen LogP contribution >= 0.6 is 0 Å². The van der Waals surface area contributed by atoms with Crippen LogP contribution in [0.5, 0.6) is 5.75 Å². The van der Waals surface area contributed by atoms with Crippen LogP contribution in [0.2, 0.25) is 0 Å². The molecule has 34 nitrogen and oxygen atoms in total. The van der Waals surface area contributed by atoms with Crippen molar-refractivity contribution in [2.75, 3.05) is 26.2 Å². The third-order valence-electron chi connectivity index (χ3n) is 16.2. The van der Waals surface area contributed by atoms with E-state index in [9.17, 15) is 92.0 Å². The third kappa shape index (κ3) is 27.2. The highest BCUT2D eigenvalue weighted by atomic mass is 16.4. The van der Waals surface area contributed by atoms with E-state index in [4.69, 9.17) is 11.5 Å². The molecule has 2 aliphatic rings. The Morgan fingerprint density at radius 3 is 1.53 bits per heavy atom. The summed E-state index contributed by atoms with van der Waals surface area (Å²) >= 11 is 0. The molecule has 0 spiro atoms. The first-order chi connectivity index (χ1) is 47.2. The maximum absolute atomic E-state index is 14.7. The van der Waals surface area contributed by atoms with Gasteiger partial charge in [0.05, 0.1) is 32.5 Å². The van der Waals surface area contributed by atoms with Crippen molar-refractivity contribution in [3.63, 3.8) is 0 Å². The van der Waals surface area contributed by atoms with Crippen LogP contribution in [0.15, 0.2) is 66.4 Å². The number of H-pyrrole nitrogens is 1. The average molecular weight is 1400 g/mol. The second kappa shape index (κ2) is 40.1. The van der Waals surface area contributed by atoms with Crippen molar-refractivity contribution in [2.45, 2.75) is 180 Å². The molecule has 0 aliphatic carbocycles. The zero-order valence-corrected chi connectivity index (χ0v) is 56.9. The number of carboxylic acid groups (broad SMARTS) is 2. The number of rotatable bonds is 18. The fourth-order valence-corrected chi connectivity index (χ4v) is 10.5. The normalized spacial score (nSPS) is 22.9. The molecule has 0 bridgehead atoms. The summed E-state index contributed by atoms with van der Waals surface area (Å²) in [6.07, 6.45) is -0.989. The lowest BCUT2D eigenvalue weighted by Gasteiger charge is -2.32. The van der Waals surface area contributed by atoms with Crippen molar-refractivity contribution in [3.05, 3.63) is 77.5 Å². The van der Waals surface area contributed by atoms with Gasteiger partial charge in [-0.2, -0.15) is 0 Å². The zero-order valence-electron chi connectivity index (χ0n) is 56.9. The first-order valence-corrected chi connectivity index (χ1v) is 32.7. The molecule has 100 heavy (non-hydrogen) atoms. The Balaban J connectivity index is 0.00000409. The van der Waals surface area contributed by atoms with Crippen LogP contribution in [0.4, 0.5) is 0 Å². The van der Waals surface area contributed by atoms with Crippen LogP contribution in [-0.4, -0.2) is 200 Å². The van der Waals surface area contributed by atoms with E-state index >= 15 is 0 Å². The van der Waals surface area contributed by atoms with Crippen molar-refractivity contribution >= 4 is 106 Å². The number of aromatic nitrogens is 1. The van der Waals surface area contributed by atoms with Crippen LogP contribution in [-0.2, 0) is 89.6 Å². The predicted octanol–water partition coefficient (Wildman–Crippen LogP) is -2.56. The number of phenolic OH excluding ortho intramolecular Hbond substituents is 1. The fourth-order valence-electron chi connectivity index (χ4n) is 10.5. The number of benzene rings is 2. The molecule has 0 saturated carbocycles. The predicted molar refractivity (Wildman–Crippen MR) is 358 cm³/mol. The highest BCUT2D eigenvalue weighted by Crippen LogP contribution is 2.23. The topological polar surface area (TPSA) is 537 Å². The highest BCUT2D eigenvalue weighted by Gasteiger charge is 2.42. The number of fused-ring (bicyclic) bond motifs is 2. The summed E-state index contributed by atoms with van der Waals surface area (Å²) in [4.78, 5) is 221. The Bertz CT molecular complexity index is 3500. The lowest BCUT2D eigenvalue weighted by atomic mass is 9.96. The van der Waals surface area contributed by atoms with Gasteiger partial charge >= 0.3 is 11.9 Å². The van der Waals surface area contributed by atoms with Gasteiger partial charge < -0.3 is 95.2 Å². The van der Waals surface area contributed by atoms with Crippen molar-refractivity contribution < 1.29 is 92.0 Å². The number of amides is 14. The monoisotopic (exact) mass is 1400 g/mol. The quantitative estimate of drug-likeness (QED) is 0.0582. The molecule has 3 heterocycles. The summed E-state index contributed by atoms with van der Waals surface area (Å²) in [5.41, 5.74) is 13.9. The summed E-state index contributed by atoms with van der Waals surface area (Å²) in [5, 5.41) is 56.0. The minimum absolute atomic E-state index is 0.0181. The van der Waals surface area contributed by atoms with E-state index in [1.807, 2.05) is 6.92 Å². The van der Waals surface area contributed by atoms with Crippen LogP contribution in [0, 0.1) is 11.8 Å². The maximum atomic E-state index is 14.7. The van der Waals surface area contributed by atoms with E-state index in [1.165, 1.54) is 36.0 Å². The molecular formula is C66H93N15O19. The summed E-state index contributed by atoms with van der Waals surface area (Å²) in [6, 6.07) is -2.49. The van der Waals surface area contributed by atoms with Crippen molar-refractivity contribution in [2.24, 2.45) is 23.3 Å². The van der Waals surface area contributed by atoms with Gasteiger partial charge in [0, 0.05) is 49.3 Å². The number of nitrogens with zero attached hydrogens (tertiary/aromatic N) is 1. The Kier molecular flexibility index (Phi) is 32.6. The van der Waals surface area contributed by atoms with Gasteiger partial charge in [0.1, 0.15) is 60.1 Å². The van der Waals surface area contributed by atoms with E-state index in [0.717, 1.165) is 4.90 Å². The number of nitrogens with two attached hydrogens (primary N) is 2. The largest absolute Gasteiger partial charge is 0.508 e. The second-order valence-corrected chi connectivity index (χ2v) is 25.0. The number of hydrogen-bond donors (Lipinski definition) is 17. The molecule has 2 aliphatic heterocycles. The molecule has 2 saturated heterocycles. The van der Waals surface area contributed by atoms with Crippen molar-refractivity contribution in [1.82, 2.24) is 68.4 Å². The number of carboxylic acids is 2. The van der Waals surface area contributed by atoms with Crippen LogP contribution in [0.1, 0.15) is 124 Å². The average Bonchev–Trinajstić information content (AvgIpc) is 1.63. The van der Waals surface area contributed by atoms with Gasteiger partial charge in [0.2, 0.25) is 82.7 Å². The lowest BCUT2D eigenvalue weighted by Crippen LogP contribution is -2.61. The molecule has 19 N–H and O–H groups in total. The minimum atomic E-state index is -1.93. The molecule has 2 fully saturated rings. The fraction of sp³-hybridized carbons (Fsp3) is 0.515. The number of phenols is 1. The van der Waals surface area contributed by atoms with Gasteiger partial charge in [-0.1, -0.05) is 76.1 Å². The Labute approximate surface area is 576 Å². The standard InChI is InChI=1S/C61H83N15O19.C5H10/c1-5-31(4)52-60(94)73-39(21-30(2)3)55(89)67-28-48(81)69-37(16-18-50(83)84)53(87)65-27-47(80)68-38(17-19-51(85)86)54(88)66-29-49(82)70-41(23-33-26-64-36-10-7-6-9-35(33)36)57(91)72-42(24-45(62)78)58(92)71-40(22-32-12-14-34(77)15-13-32)56(90)74-43(25-46(63)79)61(95)76-20-8-11-44(76)59(93)75-52;1-4-5(2)3/h6-7,9-10,12-15,26,30-31,37-44,52,64,77H,5,8,11,16-25,27-29H2,1-4H3,(H2,62,78)(H2,63,79)(H,65,87)(H,66,88)(H,67,89)(H,68,80)(H,69,81)(H,70,82)(H,71,92)(H,72,91)(H,73,94)(H,74,90)(H,75,93)(H,83,84)(H,85,86);4H,1-3H3/t31-,37-,38-,39-,40-,41-,42-,43-,44-,52-;/m0./s1. The molecule has 5 rings (SSSR count). The summed E-state index contributed by atoms with van der Waals surface area (Å²) in [7, 11) is 0. The van der Waals surface area contributed by atoms with Gasteiger partial charge in [-0.25, -0.2) is 0 Å². The first kappa shape index (κ1) is 81.5. The number of para-hydroxylation sites is 1. The number of hydrogen-bond acceptors (Lipinski definition) is 17. The molecule has 34 heteroatoms. The van der Waals surface area contributed by atoms with Gasteiger partial charge in [-0.15, -0.1) is 0 Å². The van der Waals surface area contributed by atoms with E-state index in [1.54, 1.807) is 52.0 Å². The number of carbonyl (C=O) groups is 16. The highest BCUT2D eigenvalue weighted by molar-refractivity contribution is 6.01. The van der Waals surface area contributed by atoms with E-state index in [-0.39, 0.29) is 50.3 Å².